The molecule has 1 N–H and O–H groups in total. The van der Waals surface area contributed by atoms with Crippen molar-refractivity contribution in [3.63, 3.8) is 0 Å². The molecular formula is C12H13NO3S2. The Kier molecular flexibility index (Phi) is 3.07. The van der Waals surface area contributed by atoms with Crippen LogP contribution in [0.5, 0.6) is 0 Å². The van der Waals surface area contributed by atoms with Crippen LogP contribution in [-0.2, 0) is 4.79 Å². The average molecular weight is 283 g/mol. The van der Waals surface area contributed by atoms with Crippen LogP contribution < -0.4 is 0 Å². The summed E-state index contributed by atoms with van der Waals surface area (Å²) in [6.45, 7) is 0. The van der Waals surface area contributed by atoms with Gasteiger partial charge >= 0.3 is 5.97 Å². The Balaban J connectivity index is 1.88. The highest BCUT2D eigenvalue weighted by Gasteiger charge is 2.48. The molecule has 2 aliphatic rings. The van der Waals surface area contributed by atoms with Crippen LogP contribution in [0.15, 0.2) is 17.5 Å². The van der Waals surface area contributed by atoms with E-state index in [9.17, 15) is 14.7 Å². The van der Waals surface area contributed by atoms with Crippen molar-refractivity contribution in [3.8, 4) is 0 Å². The molecule has 0 spiro atoms. The SMILES string of the molecule is O=C(O)C1CSC(C2CC2)N1C(=O)c1cccs1. The lowest BCUT2D eigenvalue weighted by atomic mass is 10.2. The van der Waals surface area contributed by atoms with Crippen LogP contribution in [0.2, 0.25) is 0 Å². The van der Waals surface area contributed by atoms with E-state index in [2.05, 4.69) is 0 Å². The molecule has 3 rings (SSSR count). The Hall–Kier alpha value is -1.01. The molecule has 6 heteroatoms. The molecule has 18 heavy (non-hydrogen) atoms. The number of amides is 1. The van der Waals surface area contributed by atoms with Gasteiger partial charge in [0.15, 0.2) is 0 Å². The Morgan fingerprint density at radius 3 is 2.72 bits per heavy atom. The van der Waals surface area contributed by atoms with Crippen molar-refractivity contribution in [2.45, 2.75) is 24.3 Å². The zero-order valence-electron chi connectivity index (χ0n) is 9.61. The number of nitrogens with zero attached hydrogens (tertiary/aromatic N) is 1. The Morgan fingerprint density at radius 2 is 2.17 bits per heavy atom. The molecule has 0 radical (unpaired) electrons. The van der Waals surface area contributed by atoms with Crippen LogP contribution >= 0.6 is 23.1 Å². The van der Waals surface area contributed by atoms with Gasteiger partial charge < -0.3 is 10.0 Å². The molecule has 2 heterocycles. The second-order valence-electron chi connectivity index (χ2n) is 4.61. The number of thiophene rings is 1. The molecule has 1 aromatic heterocycles. The second kappa shape index (κ2) is 4.59. The van der Waals surface area contributed by atoms with Crippen molar-refractivity contribution in [1.29, 1.82) is 0 Å². The monoisotopic (exact) mass is 283 g/mol. The highest BCUT2D eigenvalue weighted by atomic mass is 32.2. The maximum Gasteiger partial charge on any atom is 0.327 e. The molecular weight excluding hydrogens is 270 g/mol. The molecule has 96 valence electrons. The standard InChI is InChI=1S/C12H13NO3S2/c14-10(9-2-1-5-17-9)13-8(12(15)16)6-18-11(13)7-3-4-7/h1-2,5,7-8,11H,3-4,6H2,(H,15,16). The van der Waals surface area contributed by atoms with Crippen LogP contribution in [0, 0.1) is 5.92 Å². The van der Waals surface area contributed by atoms with Gasteiger partial charge in [-0.25, -0.2) is 4.79 Å². The van der Waals surface area contributed by atoms with E-state index in [1.807, 2.05) is 11.4 Å². The third-order valence-electron chi connectivity index (χ3n) is 3.31. The van der Waals surface area contributed by atoms with Gasteiger partial charge in [-0.05, 0) is 30.2 Å². The number of thioether (sulfide) groups is 1. The van der Waals surface area contributed by atoms with Gasteiger partial charge in [0, 0.05) is 5.75 Å². The first kappa shape index (κ1) is 12.0. The Bertz CT molecular complexity index is 470. The predicted octanol–water partition coefficient (Wildman–Crippen LogP) is 2.13. The highest BCUT2D eigenvalue weighted by Crippen LogP contribution is 2.46. The molecule has 1 amide bonds. The van der Waals surface area contributed by atoms with Crippen molar-refractivity contribution in [3.05, 3.63) is 22.4 Å². The van der Waals surface area contributed by atoms with Crippen LogP contribution in [0.4, 0.5) is 0 Å². The van der Waals surface area contributed by atoms with E-state index in [0.717, 1.165) is 12.8 Å². The third kappa shape index (κ3) is 2.03. The van der Waals surface area contributed by atoms with E-state index < -0.39 is 12.0 Å². The third-order valence-corrected chi connectivity index (χ3v) is 5.63. The maximum atomic E-state index is 12.4. The van der Waals surface area contributed by atoms with E-state index in [-0.39, 0.29) is 11.3 Å². The Morgan fingerprint density at radius 1 is 1.39 bits per heavy atom. The number of hydrogen-bond donors (Lipinski definition) is 1. The van der Waals surface area contributed by atoms with Gasteiger partial charge in [-0.1, -0.05) is 6.07 Å². The van der Waals surface area contributed by atoms with E-state index >= 15 is 0 Å². The summed E-state index contributed by atoms with van der Waals surface area (Å²) in [5, 5.41) is 11.1. The molecule has 1 saturated heterocycles. The fraction of sp³-hybridized carbons (Fsp3) is 0.500. The van der Waals surface area contributed by atoms with Gasteiger partial charge in [0.2, 0.25) is 0 Å². The normalized spacial score (nSPS) is 27.4. The number of carbonyl (C=O) groups is 2. The van der Waals surface area contributed by atoms with E-state index in [1.54, 1.807) is 22.7 Å². The summed E-state index contributed by atoms with van der Waals surface area (Å²) >= 11 is 2.98. The lowest BCUT2D eigenvalue weighted by molar-refractivity contribution is -0.141. The topological polar surface area (TPSA) is 57.6 Å². The molecule has 4 nitrogen and oxygen atoms in total. The van der Waals surface area contributed by atoms with Gasteiger partial charge in [0.1, 0.15) is 6.04 Å². The first-order chi connectivity index (χ1) is 8.68. The summed E-state index contributed by atoms with van der Waals surface area (Å²) < 4.78 is 0. The molecule has 0 bridgehead atoms. The summed E-state index contributed by atoms with van der Waals surface area (Å²) in [6.07, 6.45) is 2.22. The van der Waals surface area contributed by atoms with Crippen LogP contribution in [-0.4, -0.2) is 39.1 Å². The largest absolute Gasteiger partial charge is 0.480 e. The van der Waals surface area contributed by atoms with Crippen molar-refractivity contribution >= 4 is 35.0 Å². The fourth-order valence-corrected chi connectivity index (χ4v) is 4.54. The molecule has 2 unspecified atom stereocenters. The molecule has 2 atom stereocenters. The maximum absolute atomic E-state index is 12.4. The van der Waals surface area contributed by atoms with Crippen LogP contribution in [0.25, 0.3) is 0 Å². The highest BCUT2D eigenvalue weighted by molar-refractivity contribution is 8.00. The first-order valence-corrected chi connectivity index (χ1v) is 7.82. The minimum Gasteiger partial charge on any atom is -0.480 e. The smallest absolute Gasteiger partial charge is 0.327 e. The van der Waals surface area contributed by atoms with Gasteiger partial charge in [0.25, 0.3) is 5.91 Å². The molecule has 0 aromatic carbocycles. The van der Waals surface area contributed by atoms with Gasteiger partial charge in [-0.3, -0.25) is 4.79 Å². The molecule has 1 aromatic rings. The average Bonchev–Trinajstić information content (AvgIpc) is 2.91. The lowest BCUT2D eigenvalue weighted by Gasteiger charge is -2.26. The number of aliphatic carboxylic acids is 1. The van der Waals surface area contributed by atoms with Gasteiger partial charge in [-0.15, -0.1) is 23.1 Å². The minimum atomic E-state index is -0.893. The van der Waals surface area contributed by atoms with Crippen LogP contribution in [0.1, 0.15) is 22.5 Å². The number of rotatable bonds is 3. The molecule has 1 aliphatic carbocycles. The zero-order valence-corrected chi connectivity index (χ0v) is 11.2. The fourth-order valence-electron chi connectivity index (χ4n) is 2.25. The van der Waals surface area contributed by atoms with Crippen molar-refractivity contribution in [2.24, 2.45) is 5.92 Å². The number of hydrogen-bond acceptors (Lipinski definition) is 4. The molecule has 2 fully saturated rings. The van der Waals surface area contributed by atoms with Crippen molar-refractivity contribution in [2.75, 3.05) is 5.75 Å². The summed E-state index contributed by atoms with van der Waals surface area (Å²) in [5.74, 6) is -0.0220. The lowest BCUT2D eigenvalue weighted by Crippen LogP contribution is -2.46. The molecule has 1 aliphatic heterocycles. The zero-order chi connectivity index (χ0) is 12.7. The van der Waals surface area contributed by atoms with E-state index in [4.69, 9.17) is 0 Å². The quantitative estimate of drug-likeness (QED) is 0.923. The summed E-state index contributed by atoms with van der Waals surface area (Å²) in [7, 11) is 0. The second-order valence-corrected chi connectivity index (χ2v) is 6.70. The number of carboxylic acids is 1. The number of carboxylic acid groups (broad SMARTS) is 1. The van der Waals surface area contributed by atoms with Crippen LogP contribution in [0.3, 0.4) is 0 Å². The summed E-state index contributed by atoms with van der Waals surface area (Å²) in [5.41, 5.74) is 0. The van der Waals surface area contributed by atoms with Crippen molar-refractivity contribution < 1.29 is 14.7 Å². The minimum absolute atomic E-state index is 0.0562. The van der Waals surface area contributed by atoms with E-state index in [0.29, 0.717) is 16.5 Å². The summed E-state index contributed by atoms with van der Waals surface area (Å²) in [6, 6.07) is 2.91. The first-order valence-electron chi connectivity index (χ1n) is 5.89. The predicted molar refractivity (Wildman–Crippen MR) is 70.9 cm³/mol. The van der Waals surface area contributed by atoms with E-state index in [1.165, 1.54) is 11.3 Å². The summed E-state index contributed by atoms with van der Waals surface area (Å²) in [4.78, 5) is 25.9. The molecule has 1 saturated carbocycles. The van der Waals surface area contributed by atoms with Gasteiger partial charge in [-0.2, -0.15) is 0 Å². The van der Waals surface area contributed by atoms with Crippen molar-refractivity contribution in [1.82, 2.24) is 4.90 Å². The van der Waals surface area contributed by atoms with Gasteiger partial charge in [0.05, 0.1) is 10.3 Å². The Labute approximate surface area is 113 Å². The number of carbonyl (C=O) groups excluding carboxylic acids is 1.